The second kappa shape index (κ2) is 8.34. The fourth-order valence-electron chi connectivity index (χ4n) is 3.15. The van der Waals surface area contributed by atoms with Crippen molar-refractivity contribution in [2.75, 3.05) is 6.61 Å². The molecular weight excluding hydrogens is 244 g/mol. The topological polar surface area (TPSA) is 9.23 Å². The minimum Gasteiger partial charge on any atom is -0.494 e. The molecule has 1 fully saturated rings. The molecule has 1 heteroatoms. The molecule has 0 unspecified atom stereocenters. The number of hydrogen-bond acceptors (Lipinski definition) is 1. The van der Waals surface area contributed by atoms with Crippen LogP contribution in [0.1, 0.15) is 76.7 Å². The second-order valence-electron chi connectivity index (χ2n) is 6.43. The van der Waals surface area contributed by atoms with Gasteiger partial charge in [0.15, 0.2) is 0 Å². The molecule has 1 aliphatic rings. The van der Waals surface area contributed by atoms with Crippen LogP contribution in [-0.2, 0) is 0 Å². The van der Waals surface area contributed by atoms with Gasteiger partial charge in [0.1, 0.15) is 5.75 Å². The van der Waals surface area contributed by atoms with Crippen LogP contribution >= 0.6 is 0 Å². The SMILES string of the molecule is CCCCCCOc1ccc(C2CCC(C)CC2)cc1. The largest absolute Gasteiger partial charge is 0.494 e. The van der Waals surface area contributed by atoms with E-state index in [1.165, 1.54) is 56.9 Å². The van der Waals surface area contributed by atoms with E-state index in [4.69, 9.17) is 4.74 Å². The molecule has 1 nitrogen and oxygen atoms in total. The van der Waals surface area contributed by atoms with Crippen molar-refractivity contribution in [1.29, 1.82) is 0 Å². The Hall–Kier alpha value is -0.980. The van der Waals surface area contributed by atoms with Crippen LogP contribution in [0.4, 0.5) is 0 Å². The van der Waals surface area contributed by atoms with Crippen molar-refractivity contribution in [2.45, 2.75) is 71.1 Å². The van der Waals surface area contributed by atoms with Crippen LogP contribution in [0.15, 0.2) is 24.3 Å². The van der Waals surface area contributed by atoms with Crippen molar-refractivity contribution in [1.82, 2.24) is 0 Å². The normalized spacial score (nSPS) is 22.7. The van der Waals surface area contributed by atoms with Crippen molar-refractivity contribution < 1.29 is 4.74 Å². The van der Waals surface area contributed by atoms with E-state index < -0.39 is 0 Å². The Morgan fingerprint density at radius 1 is 0.950 bits per heavy atom. The number of unbranched alkanes of at least 4 members (excludes halogenated alkanes) is 3. The first-order valence-corrected chi connectivity index (χ1v) is 8.52. The smallest absolute Gasteiger partial charge is 0.119 e. The Morgan fingerprint density at radius 3 is 2.30 bits per heavy atom. The molecule has 112 valence electrons. The summed E-state index contributed by atoms with van der Waals surface area (Å²) in [5.74, 6) is 2.75. The first-order valence-electron chi connectivity index (χ1n) is 8.52. The fourth-order valence-corrected chi connectivity index (χ4v) is 3.15. The molecule has 20 heavy (non-hydrogen) atoms. The van der Waals surface area contributed by atoms with E-state index in [-0.39, 0.29) is 0 Å². The molecule has 0 bridgehead atoms. The summed E-state index contributed by atoms with van der Waals surface area (Å²) in [6.45, 7) is 5.48. The first-order chi connectivity index (χ1) is 9.79. The molecule has 1 saturated carbocycles. The van der Waals surface area contributed by atoms with E-state index in [0.717, 1.165) is 24.2 Å². The third-order valence-corrected chi connectivity index (χ3v) is 4.63. The molecule has 0 spiro atoms. The lowest BCUT2D eigenvalue weighted by Gasteiger charge is -2.26. The number of rotatable bonds is 7. The molecule has 0 aromatic heterocycles. The molecule has 1 aliphatic carbocycles. The second-order valence-corrected chi connectivity index (χ2v) is 6.43. The van der Waals surface area contributed by atoms with E-state index in [1.54, 1.807) is 0 Å². The zero-order valence-corrected chi connectivity index (χ0v) is 13.2. The third-order valence-electron chi connectivity index (χ3n) is 4.63. The Labute approximate surface area is 124 Å². The van der Waals surface area contributed by atoms with Gasteiger partial charge in [0, 0.05) is 0 Å². The highest BCUT2D eigenvalue weighted by atomic mass is 16.5. The summed E-state index contributed by atoms with van der Waals surface area (Å²) in [6, 6.07) is 8.88. The average molecular weight is 274 g/mol. The minimum absolute atomic E-state index is 0.782. The molecule has 0 saturated heterocycles. The Balaban J connectivity index is 1.75. The first kappa shape index (κ1) is 15.4. The van der Waals surface area contributed by atoms with Crippen LogP contribution < -0.4 is 4.74 Å². The molecule has 2 rings (SSSR count). The summed E-state index contributed by atoms with van der Waals surface area (Å²) < 4.78 is 5.81. The van der Waals surface area contributed by atoms with Gasteiger partial charge in [-0.05, 0) is 48.8 Å². The van der Waals surface area contributed by atoms with Crippen LogP contribution in [0.3, 0.4) is 0 Å². The van der Waals surface area contributed by atoms with E-state index in [2.05, 4.69) is 38.1 Å². The lowest BCUT2D eigenvalue weighted by molar-refractivity contribution is 0.304. The van der Waals surface area contributed by atoms with Gasteiger partial charge >= 0.3 is 0 Å². The van der Waals surface area contributed by atoms with Crippen LogP contribution in [0.25, 0.3) is 0 Å². The lowest BCUT2D eigenvalue weighted by atomic mass is 9.79. The molecule has 1 aromatic rings. The van der Waals surface area contributed by atoms with Crippen molar-refractivity contribution >= 4 is 0 Å². The quantitative estimate of drug-likeness (QED) is 0.559. The molecule has 0 N–H and O–H groups in total. The molecule has 0 heterocycles. The summed E-state index contributed by atoms with van der Waals surface area (Å²) in [6.07, 6.45) is 10.6. The monoisotopic (exact) mass is 274 g/mol. The Morgan fingerprint density at radius 2 is 1.65 bits per heavy atom. The molecule has 0 aliphatic heterocycles. The van der Waals surface area contributed by atoms with Gasteiger partial charge in [0.25, 0.3) is 0 Å². The summed E-state index contributed by atoms with van der Waals surface area (Å²) in [4.78, 5) is 0. The summed E-state index contributed by atoms with van der Waals surface area (Å²) >= 11 is 0. The van der Waals surface area contributed by atoms with Gasteiger partial charge in [-0.2, -0.15) is 0 Å². The van der Waals surface area contributed by atoms with Crippen molar-refractivity contribution in [3.63, 3.8) is 0 Å². The maximum absolute atomic E-state index is 5.81. The fraction of sp³-hybridized carbons (Fsp3) is 0.684. The summed E-state index contributed by atoms with van der Waals surface area (Å²) in [5, 5.41) is 0. The molecule has 0 atom stereocenters. The van der Waals surface area contributed by atoms with Gasteiger partial charge in [0.2, 0.25) is 0 Å². The molecule has 0 amide bonds. The van der Waals surface area contributed by atoms with E-state index >= 15 is 0 Å². The third kappa shape index (κ3) is 4.85. The Bertz CT molecular complexity index is 360. The van der Waals surface area contributed by atoms with E-state index in [1.807, 2.05) is 0 Å². The predicted octanol–water partition coefficient (Wildman–Crippen LogP) is 5.94. The van der Waals surface area contributed by atoms with Gasteiger partial charge in [0.05, 0.1) is 6.61 Å². The lowest BCUT2D eigenvalue weighted by Crippen LogP contribution is -2.10. The number of hydrogen-bond donors (Lipinski definition) is 0. The highest BCUT2D eigenvalue weighted by Gasteiger charge is 2.19. The zero-order chi connectivity index (χ0) is 14.2. The van der Waals surface area contributed by atoms with Gasteiger partial charge in [-0.15, -0.1) is 0 Å². The predicted molar refractivity (Wildman–Crippen MR) is 86.5 cm³/mol. The van der Waals surface area contributed by atoms with Crippen LogP contribution in [0, 0.1) is 5.92 Å². The van der Waals surface area contributed by atoms with Crippen molar-refractivity contribution in [3.8, 4) is 5.75 Å². The van der Waals surface area contributed by atoms with Crippen LogP contribution in [-0.4, -0.2) is 6.61 Å². The maximum atomic E-state index is 5.81. The van der Waals surface area contributed by atoms with Gasteiger partial charge in [-0.1, -0.05) is 58.1 Å². The van der Waals surface area contributed by atoms with E-state index in [9.17, 15) is 0 Å². The molecule has 1 aromatic carbocycles. The van der Waals surface area contributed by atoms with Crippen LogP contribution in [0.5, 0.6) is 5.75 Å². The standard InChI is InChI=1S/C19H30O/c1-3-4-5-6-15-20-19-13-11-18(12-14-19)17-9-7-16(2)8-10-17/h11-14,16-17H,3-10,15H2,1-2H3. The number of benzene rings is 1. The van der Waals surface area contributed by atoms with Gasteiger partial charge in [-0.25, -0.2) is 0 Å². The average Bonchev–Trinajstić information content (AvgIpc) is 2.49. The maximum Gasteiger partial charge on any atom is 0.119 e. The summed E-state index contributed by atoms with van der Waals surface area (Å²) in [7, 11) is 0. The highest BCUT2D eigenvalue weighted by molar-refractivity contribution is 5.29. The van der Waals surface area contributed by atoms with Crippen molar-refractivity contribution in [2.24, 2.45) is 5.92 Å². The Kier molecular flexibility index (Phi) is 6.42. The zero-order valence-electron chi connectivity index (χ0n) is 13.2. The van der Waals surface area contributed by atoms with E-state index in [0.29, 0.717) is 0 Å². The minimum atomic E-state index is 0.782. The molecule has 0 radical (unpaired) electrons. The summed E-state index contributed by atoms with van der Waals surface area (Å²) in [5.41, 5.74) is 1.51. The van der Waals surface area contributed by atoms with Gasteiger partial charge < -0.3 is 4.74 Å². The number of ether oxygens (including phenoxy) is 1. The van der Waals surface area contributed by atoms with Gasteiger partial charge in [-0.3, -0.25) is 0 Å². The highest BCUT2D eigenvalue weighted by Crippen LogP contribution is 2.35. The molecular formula is C19H30O. The van der Waals surface area contributed by atoms with Crippen LogP contribution in [0.2, 0.25) is 0 Å². The van der Waals surface area contributed by atoms with Crippen molar-refractivity contribution in [3.05, 3.63) is 29.8 Å².